The van der Waals surface area contributed by atoms with E-state index in [1.165, 1.54) is 5.56 Å². The minimum absolute atomic E-state index is 0.138. The first-order valence-corrected chi connectivity index (χ1v) is 6.50. The second-order valence-electron chi connectivity index (χ2n) is 5.38. The van der Waals surface area contributed by atoms with Gasteiger partial charge < -0.3 is 4.90 Å². The Labute approximate surface area is 113 Å². The van der Waals surface area contributed by atoms with E-state index in [1.807, 2.05) is 50.4 Å². The molecule has 0 aliphatic carbocycles. The number of carbonyl (C=O) groups is 1. The summed E-state index contributed by atoms with van der Waals surface area (Å²) in [5, 5.41) is 0. The van der Waals surface area contributed by atoms with E-state index in [4.69, 9.17) is 0 Å². The van der Waals surface area contributed by atoms with Crippen LogP contribution in [0.1, 0.15) is 23.6 Å². The predicted octanol–water partition coefficient (Wildman–Crippen LogP) is 3.28. The summed E-state index contributed by atoms with van der Waals surface area (Å²) in [5.74, 6) is 0.138. The maximum atomic E-state index is 12.7. The molecule has 1 unspecified atom stereocenters. The third kappa shape index (κ3) is 1.53. The smallest absolute Gasteiger partial charge is 0.241 e. The Bertz CT molecular complexity index is 648. The number of fused-ring (bicyclic) bond motifs is 1. The summed E-state index contributed by atoms with van der Waals surface area (Å²) >= 11 is 0. The molecule has 1 aliphatic heterocycles. The van der Waals surface area contributed by atoms with Crippen LogP contribution in [0.15, 0.2) is 48.5 Å². The Morgan fingerprint density at radius 1 is 1.05 bits per heavy atom. The van der Waals surface area contributed by atoms with E-state index in [-0.39, 0.29) is 5.91 Å². The zero-order valence-corrected chi connectivity index (χ0v) is 11.5. The molecule has 1 aliphatic rings. The molecule has 3 rings (SSSR count). The van der Waals surface area contributed by atoms with Crippen LogP contribution in [-0.2, 0) is 10.2 Å². The topological polar surface area (TPSA) is 20.3 Å². The molecule has 0 N–H and O–H groups in total. The van der Waals surface area contributed by atoms with Gasteiger partial charge in [0.2, 0.25) is 5.91 Å². The monoisotopic (exact) mass is 251 g/mol. The summed E-state index contributed by atoms with van der Waals surface area (Å²) in [6.45, 7) is 4.08. The van der Waals surface area contributed by atoms with Gasteiger partial charge in [0, 0.05) is 12.7 Å². The lowest BCUT2D eigenvalue weighted by Crippen LogP contribution is -2.36. The number of carbonyl (C=O) groups excluding carboxylic acids is 1. The highest BCUT2D eigenvalue weighted by Gasteiger charge is 2.47. The normalized spacial score (nSPS) is 21.6. The van der Waals surface area contributed by atoms with Crippen molar-refractivity contribution in [2.24, 2.45) is 0 Å². The van der Waals surface area contributed by atoms with Crippen molar-refractivity contribution in [3.8, 4) is 0 Å². The van der Waals surface area contributed by atoms with Gasteiger partial charge in [0.05, 0.1) is 5.41 Å². The molecule has 0 saturated carbocycles. The summed E-state index contributed by atoms with van der Waals surface area (Å²) in [6, 6.07) is 16.2. The van der Waals surface area contributed by atoms with Crippen LogP contribution < -0.4 is 4.90 Å². The fourth-order valence-electron chi connectivity index (χ4n) is 2.95. The third-order valence-electron chi connectivity index (χ3n) is 4.14. The molecule has 19 heavy (non-hydrogen) atoms. The van der Waals surface area contributed by atoms with Gasteiger partial charge in [-0.3, -0.25) is 4.79 Å². The minimum atomic E-state index is -0.572. The van der Waals surface area contributed by atoms with Gasteiger partial charge in [-0.15, -0.1) is 0 Å². The van der Waals surface area contributed by atoms with Crippen LogP contribution in [-0.4, -0.2) is 13.0 Å². The van der Waals surface area contributed by atoms with Crippen molar-refractivity contribution in [1.82, 2.24) is 0 Å². The second-order valence-corrected chi connectivity index (χ2v) is 5.38. The van der Waals surface area contributed by atoms with Crippen molar-refractivity contribution >= 4 is 11.6 Å². The minimum Gasteiger partial charge on any atom is -0.314 e. The molecule has 0 spiro atoms. The first-order chi connectivity index (χ1) is 9.05. The highest BCUT2D eigenvalue weighted by Crippen LogP contribution is 2.45. The Morgan fingerprint density at radius 2 is 1.74 bits per heavy atom. The standard InChI is InChI=1S/C17H17NO/c1-12-9-10-15-14(11-12)17(2,16(19)18(15)3)13-7-5-4-6-8-13/h4-11H,1-3H3. The number of nitrogens with zero attached hydrogens (tertiary/aromatic N) is 1. The number of hydrogen-bond acceptors (Lipinski definition) is 1. The molecule has 0 saturated heterocycles. The van der Waals surface area contributed by atoms with E-state index in [0.717, 1.165) is 16.8 Å². The highest BCUT2D eigenvalue weighted by atomic mass is 16.2. The Morgan fingerprint density at radius 3 is 2.42 bits per heavy atom. The second kappa shape index (κ2) is 3.95. The van der Waals surface area contributed by atoms with Crippen molar-refractivity contribution in [2.75, 3.05) is 11.9 Å². The van der Waals surface area contributed by atoms with Crippen molar-refractivity contribution in [3.05, 3.63) is 65.2 Å². The van der Waals surface area contributed by atoms with Crippen molar-refractivity contribution < 1.29 is 4.79 Å². The molecule has 0 bridgehead atoms. The number of likely N-dealkylation sites (N-methyl/N-ethyl adjacent to an activating group) is 1. The number of amides is 1. The first-order valence-electron chi connectivity index (χ1n) is 6.50. The lowest BCUT2D eigenvalue weighted by Gasteiger charge is -2.24. The molecule has 0 fully saturated rings. The molecule has 96 valence electrons. The van der Waals surface area contributed by atoms with Gasteiger partial charge in [-0.2, -0.15) is 0 Å². The molecular formula is C17H17NO. The zero-order chi connectivity index (χ0) is 13.6. The van der Waals surface area contributed by atoms with Gasteiger partial charge in [0.1, 0.15) is 0 Å². The molecule has 2 nitrogen and oxygen atoms in total. The molecule has 1 atom stereocenters. The largest absolute Gasteiger partial charge is 0.314 e. The highest BCUT2D eigenvalue weighted by molar-refractivity contribution is 6.09. The molecule has 2 heteroatoms. The summed E-state index contributed by atoms with van der Waals surface area (Å²) in [7, 11) is 1.85. The van der Waals surface area contributed by atoms with Gasteiger partial charge in [0.15, 0.2) is 0 Å². The molecular weight excluding hydrogens is 234 g/mol. The number of anilines is 1. The van der Waals surface area contributed by atoms with Crippen LogP contribution in [0.2, 0.25) is 0 Å². The van der Waals surface area contributed by atoms with Gasteiger partial charge in [-0.05, 0) is 31.0 Å². The first kappa shape index (κ1) is 12.0. The molecule has 0 radical (unpaired) electrons. The van der Waals surface area contributed by atoms with Gasteiger partial charge >= 0.3 is 0 Å². The van der Waals surface area contributed by atoms with E-state index in [0.29, 0.717) is 0 Å². The van der Waals surface area contributed by atoms with Crippen molar-refractivity contribution in [1.29, 1.82) is 0 Å². The number of benzene rings is 2. The average Bonchev–Trinajstić information content (AvgIpc) is 2.63. The van der Waals surface area contributed by atoms with Crippen LogP contribution in [0.3, 0.4) is 0 Å². The van der Waals surface area contributed by atoms with E-state index in [9.17, 15) is 4.79 Å². The third-order valence-corrected chi connectivity index (χ3v) is 4.14. The molecule has 2 aromatic carbocycles. The van der Waals surface area contributed by atoms with Crippen molar-refractivity contribution in [3.63, 3.8) is 0 Å². The SMILES string of the molecule is Cc1ccc2c(c1)C(C)(c1ccccc1)C(=O)N2C. The van der Waals surface area contributed by atoms with E-state index in [2.05, 4.69) is 19.1 Å². The zero-order valence-electron chi connectivity index (χ0n) is 11.5. The summed E-state index contributed by atoms with van der Waals surface area (Å²) < 4.78 is 0. The summed E-state index contributed by atoms with van der Waals surface area (Å²) in [6.07, 6.45) is 0. The van der Waals surface area contributed by atoms with Crippen LogP contribution in [0.25, 0.3) is 0 Å². The van der Waals surface area contributed by atoms with Crippen LogP contribution >= 0.6 is 0 Å². The Kier molecular flexibility index (Phi) is 2.49. The molecule has 2 aromatic rings. The number of aryl methyl sites for hydroxylation is 1. The number of rotatable bonds is 1. The predicted molar refractivity (Wildman–Crippen MR) is 77.5 cm³/mol. The lowest BCUT2D eigenvalue weighted by atomic mass is 9.77. The fourth-order valence-corrected chi connectivity index (χ4v) is 2.95. The van der Waals surface area contributed by atoms with Crippen molar-refractivity contribution in [2.45, 2.75) is 19.3 Å². The van der Waals surface area contributed by atoms with E-state index >= 15 is 0 Å². The fraction of sp³-hybridized carbons (Fsp3) is 0.235. The maximum Gasteiger partial charge on any atom is 0.241 e. The quantitative estimate of drug-likeness (QED) is 0.761. The Balaban J connectivity index is 2.29. The van der Waals surface area contributed by atoms with Gasteiger partial charge in [-0.1, -0.05) is 48.0 Å². The Hall–Kier alpha value is -2.09. The van der Waals surface area contributed by atoms with Crippen LogP contribution in [0.5, 0.6) is 0 Å². The lowest BCUT2D eigenvalue weighted by molar-refractivity contribution is -0.121. The maximum absolute atomic E-state index is 12.7. The van der Waals surface area contributed by atoms with Gasteiger partial charge in [-0.25, -0.2) is 0 Å². The molecule has 0 aromatic heterocycles. The summed E-state index contributed by atoms with van der Waals surface area (Å²) in [4.78, 5) is 14.5. The van der Waals surface area contributed by atoms with Crippen LogP contribution in [0, 0.1) is 6.92 Å². The summed E-state index contributed by atoms with van der Waals surface area (Å²) in [5.41, 5.74) is 3.78. The molecule has 1 amide bonds. The van der Waals surface area contributed by atoms with E-state index < -0.39 is 5.41 Å². The van der Waals surface area contributed by atoms with Gasteiger partial charge in [0.25, 0.3) is 0 Å². The average molecular weight is 251 g/mol. The van der Waals surface area contributed by atoms with E-state index in [1.54, 1.807) is 4.90 Å². The van der Waals surface area contributed by atoms with Crippen LogP contribution in [0.4, 0.5) is 5.69 Å². The number of hydrogen-bond donors (Lipinski definition) is 0. The molecule has 1 heterocycles.